The van der Waals surface area contributed by atoms with Gasteiger partial charge in [-0.1, -0.05) is 6.92 Å². The summed E-state index contributed by atoms with van der Waals surface area (Å²) in [4.78, 5) is 4.00. The smallest absolute Gasteiger partial charge is 0.0589 e. The topological polar surface area (TPSA) is 12.5 Å². The number of thioether (sulfide) groups is 1. The van der Waals surface area contributed by atoms with E-state index in [1.165, 1.54) is 16.9 Å². The normalized spacial score (nSPS) is 13.2. The summed E-state index contributed by atoms with van der Waals surface area (Å²) in [6.45, 7) is 8.56. The average Bonchev–Trinajstić information content (AvgIpc) is 2.77. The maximum Gasteiger partial charge on any atom is 0.0589 e. The van der Waals surface area contributed by atoms with Crippen molar-refractivity contribution in [3.63, 3.8) is 0 Å². The molecule has 1 rings (SSSR count). The number of hydrogen-bond donors (Lipinski definition) is 0. The van der Waals surface area contributed by atoms with Crippen LogP contribution in [0.1, 0.15) is 23.8 Å². The molecular weight excluding hydrogens is 262 g/mol. The summed E-state index contributed by atoms with van der Waals surface area (Å²) >= 11 is 3.81. The molecule has 1 heterocycles. The second-order valence-corrected chi connectivity index (χ2v) is 6.91. The first-order valence-corrected chi connectivity index (χ1v) is 8.61. The number of nitrogens with zero attached hydrogens (tertiary/aromatic N) is 1. The van der Waals surface area contributed by atoms with Crippen LogP contribution in [0.4, 0.5) is 0 Å². The molecule has 0 N–H and O–H groups in total. The fourth-order valence-electron chi connectivity index (χ4n) is 1.74. The van der Waals surface area contributed by atoms with Crippen molar-refractivity contribution >= 4 is 23.1 Å². The standard InChI is InChI=1S/C14H25NOS2/c1-12-6-10-18-14(12)11-15(8-9-16-3)7-5-13(2)17-4/h6,10,13H,5,7-9,11H2,1-4H3/t13-/m1/s1. The Kier molecular flexibility index (Phi) is 7.98. The van der Waals surface area contributed by atoms with Crippen LogP contribution in [0, 0.1) is 6.92 Å². The molecule has 0 fully saturated rings. The van der Waals surface area contributed by atoms with Crippen LogP contribution in [-0.2, 0) is 11.3 Å². The van der Waals surface area contributed by atoms with E-state index in [9.17, 15) is 0 Å². The van der Waals surface area contributed by atoms with Gasteiger partial charge in [-0.15, -0.1) is 11.3 Å². The molecule has 0 aliphatic heterocycles. The van der Waals surface area contributed by atoms with Crippen molar-refractivity contribution in [1.82, 2.24) is 4.90 Å². The molecule has 0 unspecified atom stereocenters. The van der Waals surface area contributed by atoms with E-state index in [1.54, 1.807) is 7.11 Å². The van der Waals surface area contributed by atoms with E-state index in [2.05, 4.69) is 36.4 Å². The van der Waals surface area contributed by atoms with Crippen LogP contribution >= 0.6 is 23.1 Å². The second kappa shape index (κ2) is 8.97. The number of thiophene rings is 1. The number of ether oxygens (including phenoxy) is 1. The van der Waals surface area contributed by atoms with Crippen LogP contribution in [0.5, 0.6) is 0 Å². The first-order valence-electron chi connectivity index (χ1n) is 6.44. The molecule has 0 bridgehead atoms. The van der Waals surface area contributed by atoms with Crippen LogP contribution in [0.25, 0.3) is 0 Å². The molecule has 4 heteroatoms. The summed E-state index contributed by atoms with van der Waals surface area (Å²) in [6.07, 6.45) is 3.43. The van der Waals surface area contributed by atoms with Crippen LogP contribution < -0.4 is 0 Å². The predicted octanol–water partition coefficient (Wildman–Crippen LogP) is 3.65. The van der Waals surface area contributed by atoms with E-state index < -0.39 is 0 Å². The molecule has 18 heavy (non-hydrogen) atoms. The minimum Gasteiger partial charge on any atom is -0.383 e. The van der Waals surface area contributed by atoms with E-state index in [-0.39, 0.29) is 0 Å². The van der Waals surface area contributed by atoms with Crippen molar-refractivity contribution in [1.29, 1.82) is 0 Å². The highest BCUT2D eigenvalue weighted by atomic mass is 32.2. The Balaban J connectivity index is 2.47. The molecule has 104 valence electrons. The van der Waals surface area contributed by atoms with Gasteiger partial charge in [0.05, 0.1) is 6.61 Å². The van der Waals surface area contributed by atoms with Gasteiger partial charge in [0.1, 0.15) is 0 Å². The van der Waals surface area contributed by atoms with Gasteiger partial charge in [-0.25, -0.2) is 0 Å². The first-order chi connectivity index (χ1) is 8.67. The van der Waals surface area contributed by atoms with Gasteiger partial charge in [-0.05, 0) is 43.2 Å². The van der Waals surface area contributed by atoms with Gasteiger partial charge >= 0.3 is 0 Å². The zero-order valence-corrected chi connectivity index (χ0v) is 13.6. The molecule has 0 aromatic carbocycles. The fraction of sp³-hybridized carbons (Fsp3) is 0.714. The summed E-state index contributed by atoms with van der Waals surface area (Å²) in [5, 5.41) is 2.92. The van der Waals surface area contributed by atoms with Gasteiger partial charge in [0, 0.05) is 30.3 Å². The molecule has 0 spiro atoms. The molecule has 0 amide bonds. The number of aryl methyl sites for hydroxylation is 1. The molecule has 1 aromatic heterocycles. The Morgan fingerprint density at radius 3 is 2.78 bits per heavy atom. The Morgan fingerprint density at radius 1 is 1.44 bits per heavy atom. The van der Waals surface area contributed by atoms with Crippen molar-refractivity contribution < 1.29 is 4.74 Å². The molecule has 2 nitrogen and oxygen atoms in total. The van der Waals surface area contributed by atoms with E-state index in [0.717, 1.165) is 31.5 Å². The summed E-state index contributed by atoms with van der Waals surface area (Å²) in [7, 11) is 1.78. The minimum absolute atomic E-state index is 0.736. The highest BCUT2D eigenvalue weighted by Crippen LogP contribution is 2.19. The van der Waals surface area contributed by atoms with Crippen LogP contribution in [0.2, 0.25) is 0 Å². The fourth-order valence-corrected chi connectivity index (χ4v) is 3.03. The van der Waals surface area contributed by atoms with Crippen LogP contribution in [0.3, 0.4) is 0 Å². The summed E-state index contributed by atoms with van der Waals surface area (Å²) in [5.41, 5.74) is 1.42. The van der Waals surface area contributed by atoms with E-state index in [4.69, 9.17) is 4.74 Å². The highest BCUT2D eigenvalue weighted by molar-refractivity contribution is 7.99. The van der Waals surface area contributed by atoms with Crippen molar-refractivity contribution in [2.75, 3.05) is 33.1 Å². The van der Waals surface area contributed by atoms with Crippen molar-refractivity contribution in [2.45, 2.75) is 32.1 Å². The van der Waals surface area contributed by atoms with Gasteiger partial charge in [0.25, 0.3) is 0 Å². The first kappa shape index (κ1) is 16.0. The lowest BCUT2D eigenvalue weighted by Crippen LogP contribution is -2.29. The van der Waals surface area contributed by atoms with Gasteiger partial charge in [0.15, 0.2) is 0 Å². The largest absolute Gasteiger partial charge is 0.383 e. The SMILES string of the molecule is COCCN(CC[C@@H](C)SC)Cc1sccc1C. The molecule has 0 saturated heterocycles. The Bertz CT molecular complexity index is 327. The Morgan fingerprint density at radius 2 is 2.22 bits per heavy atom. The monoisotopic (exact) mass is 287 g/mol. The van der Waals surface area contributed by atoms with Crippen molar-refractivity contribution in [3.05, 3.63) is 21.9 Å². The molecule has 0 aliphatic rings. The molecule has 0 radical (unpaired) electrons. The lowest BCUT2D eigenvalue weighted by molar-refractivity contribution is 0.144. The van der Waals surface area contributed by atoms with Gasteiger partial charge < -0.3 is 4.74 Å². The van der Waals surface area contributed by atoms with Gasteiger partial charge in [-0.3, -0.25) is 4.90 Å². The molecular formula is C14H25NOS2. The lowest BCUT2D eigenvalue weighted by atomic mass is 10.2. The predicted molar refractivity (Wildman–Crippen MR) is 83.8 cm³/mol. The number of hydrogen-bond acceptors (Lipinski definition) is 4. The Hall–Kier alpha value is -0.0300. The molecule has 0 saturated carbocycles. The molecule has 1 atom stereocenters. The van der Waals surface area contributed by atoms with E-state index in [0.29, 0.717) is 0 Å². The quantitative estimate of drug-likeness (QED) is 0.688. The maximum atomic E-state index is 5.21. The minimum atomic E-state index is 0.736. The summed E-state index contributed by atoms with van der Waals surface area (Å²) in [6, 6.07) is 2.21. The van der Waals surface area contributed by atoms with E-state index in [1.807, 2.05) is 23.1 Å². The average molecular weight is 287 g/mol. The van der Waals surface area contributed by atoms with Gasteiger partial charge in [-0.2, -0.15) is 11.8 Å². The highest BCUT2D eigenvalue weighted by Gasteiger charge is 2.10. The third-order valence-electron chi connectivity index (χ3n) is 3.20. The molecule has 0 aliphatic carbocycles. The summed E-state index contributed by atoms with van der Waals surface area (Å²) in [5.74, 6) is 0. The van der Waals surface area contributed by atoms with Crippen molar-refractivity contribution in [2.24, 2.45) is 0 Å². The second-order valence-electron chi connectivity index (χ2n) is 4.63. The number of methoxy groups -OCH3 is 1. The van der Waals surface area contributed by atoms with Crippen LogP contribution in [-0.4, -0.2) is 43.2 Å². The van der Waals surface area contributed by atoms with Crippen molar-refractivity contribution in [3.8, 4) is 0 Å². The number of rotatable bonds is 9. The zero-order chi connectivity index (χ0) is 13.4. The third kappa shape index (κ3) is 5.74. The zero-order valence-electron chi connectivity index (χ0n) is 11.9. The third-order valence-corrected chi connectivity index (χ3v) is 5.25. The molecule has 1 aromatic rings. The Labute approximate surface area is 120 Å². The van der Waals surface area contributed by atoms with Crippen LogP contribution in [0.15, 0.2) is 11.4 Å². The van der Waals surface area contributed by atoms with E-state index >= 15 is 0 Å². The van der Waals surface area contributed by atoms with Gasteiger partial charge in [0.2, 0.25) is 0 Å². The lowest BCUT2D eigenvalue weighted by Gasteiger charge is -2.23. The summed E-state index contributed by atoms with van der Waals surface area (Å²) < 4.78 is 5.21. The maximum absolute atomic E-state index is 5.21.